The molecule has 9 heteroatoms. The van der Waals surface area contributed by atoms with Crippen LogP contribution >= 0.6 is 0 Å². The van der Waals surface area contributed by atoms with E-state index in [1.807, 2.05) is 36.1 Å². The molecule has 0 aliphatic carbocycles. The average molecular weight is 556 g/mol. The zero-order valence-electron chi connectivity index (χ0n) is 23.2. The van der Waals surface area contributed by atoms with Gasteiger partial charge in [0.25, 0.3) is 5.91 Å². The van der Waals surface area contributed by atoms with Crippen molar-refractivity contribution in [3.8, 4) is 17.2 Å². The van der Waals surface area contributed by atoms with Crippen molar-refractivity contribution in [1.29, 1.82) is 0 Å². The Morgan fingerprint density at radius 1 is 1.24 bits per heavy atom. The number of aromatic nitrogens is 1. The molecule has 1 unspecified atom stereocenters. The van der Waals surface area contributed by atoms with E-state index >= 15 is 4.39 Å². The summed E-state index contributed by atoms with van der Waals surface area (Å²) in [6.45, 7) is 10.0. The number of halogens is 1. The Kier molecular flexibility index (Phi) is 7.45. The van der Waals surface area contributed by atoms with Gasteiger partial charge in [-0.15, -0.1) is 0 Å². The van der Waals surface area contributed by atoms with Gasteiger partial charge in [-0.1, -0.05) is 30.9 Å². The second-order valence-electron chi connectivity index (χ2n) is 10.7. The molecule has 1 atom stereocenters. The lowest BCUT2D eigenvalue weighted by molar-refractivity contribution is 0.0948. The van der Waals surface area contributed by atoms with Gasteiger partial charge < -0.3 is 24.4 Å². The summed E-state index contributed by atoms with van der Waals surface area (Å²) >= 11 is 0. The summed E-state index contributed by atoms with van der Waals surface area (Å²) in [5.41, 5.74) is 1.84. The molecule has 3 aromatic rings. The number of benzene rings is 2. The Labute approximate surface area is 238 Å². The molecule has 2 saturated heterocycles. The van der Waals surface area contributed by atoms with E-state index in [-0.39, 0.29) is 22.6 Å². The highest BCUT2D eigenvalue weighted by atomic mass is 19.1. The van der Waals surface area contributed by atoms with E-state index in [9.17, 15) is 9.59 Å². The highest BCUT2D eigenvalue weighted by molar-refractivity contribution is 6.01. The monoisotopic (exact) mass is 555 g/mol. The SMILES string of the molecule is C=CC=N/C(=C\C)C1CCN(c2c(F)cc3c(=O)c(C(=O)NCCN4CCCC4)cn4c3c2Oc2ccccc2-4)C1. The third-order valence-corrected chi connectivity index (χ3v) is 8.21. The number of amides is 1. The van der Waals surface area contributed by atoms with Crippen molar-refractivity contribution in [2.75, 3.05) is 44.2 Å². The standard InChI is InChI=1S/C32H34FN5O3/c1-3-12-34-25(4-2)21-11-16-37(19-21)29-24(33)18-22-28-31(29)41-27-10-6-5-9-26(27)38(28)20-23(30(22)39)32(40)35-13-17-36-14-7-8-15-36/h3-6,9-10,12,18,20-21H,1,7-8,11,13-17,19H2,2H3,(H,35,40)/b25-4-,34-12?. The number of likely N-dealkylation sites (tertiary alicyclic amines) is 1. The Balaban J connectivity index is 1.41. The number of fused-ring (bicyclic) bond motifs is 2. The topological polar surface area (TPSA) is 79.2 Å². The number of hydrogen-bond donors (Lipinski definition) is 1. The number of anilines is 1. The maximum absolute atomic E-state index is 16.0. The summed E-state index contributed by atoms with van der Waals surface area (Å²) < 4.78 is 24.1. The third-order valence-electron chi connectivity index (χ3n) is 8.21. The first kappa shape index (κ1) is 27.0. The molecule has 1 N–H and O–H groups in total. The smallest absolute Gasteiger partial charge is 0.256 e. The number of nitrogens with zero attached hydrogens (tertiary/aromatic N) is 4. The second-order valence-corrected chi connectivity index (χ2v) is 10.7. The minimum absolute atomic E-state index is 0.0206. The molecule has 3 aliphatic heterocycles. The normalized spacial score (nSPS) is 18.6. The van der Waals surface area contributed by atoms with Gasteiger partial charge in [0.15, 0.2) is 17.3 Å². The van der Waals surface area contributed by atoms with Crippen LogP contribution in [0.15, 0.2) is 70.7 Å². The van der Waals surface area contributed by atoms with Crippen LogP contribution in [0, 0.1) is 11.7 Å². The Bertz CT molecular complexity index is 1640. The number of nitrogens with one attached hydrogen (secondary N) is 1. The van der Waals surface area contributed by atoms with Gasteiger partial charge in [0.1, 0.15) is 16.8 Å². The maximum atomic E-state index is 16.0. The van der Waals surface area contributed by atoms with Gasteiger partial charge in [-0.25, -0.2) is 4.39 Å². The molecule has 1 aromatic heterocycles. The van der Waals surface area contributed by atoms with Crippen molar-refractivity contribution in [2.45, 2.75) is 26.2 Å². The van der Waals surface area contributed by atoms with Crippen LogP contribution < -0.4 is 20.4 Å². The summed E-state index contributed by atoms with van der Waals surface area (Å²) in [4.78, 5) is 35.6. The van der Waals surface area contributed by atoms with Crippen LogP contribution in [0.3, 0.4) is 0 Å². The van der Waals surface area contributed by atoms with Crippen molar-refractivity contribution in [3.05, 3.63) is 82.6 Å². The molecule has 1 amide bonds. The van der Waals surface area contributed by atoms with E-state index in [0.29, 0.717) is 42.3 Å². The number of carbonyl (C=O) groups excluding carboxylic acids is 1. The summed E-state index contributed by atoms with van der Waals surface area (Å²) in [6.07, 6.45) is 9.96. The summed E-state index contributed by atoms with van der Waals surface area (Å²) in [5, 5.41) is 3.01. The van der Waals surface area contributed by atoms with Crippen LogP contribution in [0.5, 0.6) is 11.5 Å². The van der Waals surface area contributed by atoms with Crippen molar-refractivity contribution >= 4 is 28.7 Å². The first-order chi connectivity index (χ1) is 20.0. The van der Waals surface area contributed by atoms with Crippen LogP contribution in [0.25, 0.3) is 16.6 Å². The Morgan fingerprint density at radius 3 is 2.83 bits per heavy atom. The van der Waals surface area contributed by atoms with Gasteiger partial charge in [0.2, 0.25) is 5.43 Å². The quantitative estimate of drug-likeness (QED) is 0.308. The van der Waals surface area contributed by atoms with Crippen molar-refractivity contribution in [3.63, 3.8) is 0 Å². The maximum Gasteiger partial charge on any atom is 0.256 e. The fourth-order valence-electron chi connectivity index (χ4n) is 6.20. The highest BCUT2D eigenvalue weighted by Gasteiger charge is 2.34. The average Bonchev–Trinajstić information content (AvgIpc) is 3.68. The van der Waals surface area contributed by atoms with Crippen LogP contribution in [0.2, 0.25) is 0 Å². The van der Waals surface area contributed by atoms with E-state index in [2.05, 4.69) is 21.8 Å². The first-order valence-electron chi connectivity index (χ1n) is 14.3. The molecule has 212 valence electrons. The highest BCUT2D eigenvalue weighted by Crippen LogP contribution is 2.47. The number of hydrogen-bond acceptors (Lipinski definition) is 6. The second kappa shape index (κ2) is 11.3. The van der Waals surface area contributed by atoms with Crippen LogP contribution in [0.1, 0.15) is 36.5 Å². The first-order valence-corrected chi connectivity index (χ1v) is 14.3. The molecule has 8 nitrogen and oxygen atoms in total. The largest absolute Gasteiger partial charge is 0.451 e. The predicted molar refractivity (Wildman–Crippen MR) is 160 cm³/mol. The lowest BCUT2D eigenvalue weighted by Crippen LogP contribution is -2.36. The molecule has 2 fully saturated rings. The molecule has 0 saturated carbocycles. The van der Waals surface area contributed by atoms with Crippen LogP contribution in [-0.4, -0.2) is 60.9 Å². The lowest BCUT2D eigenvalue weighted by Gasteiger charge is -2.29. The Morgan fingerprint density at radius 2 is 2.05 bits per heavy atom. The molecule has 0 spiro atoms. The fourth-order valence-corrected chi connectivity index (χ4v) is 6.20. The van der Waals surface area contributed by atoms with E-state index in [1.54, 1.807) is 29.1 Å². The van der Waals surface area contributed by atoms with E-state index in [0.717, 1.165) is 31.8 Å². The molecule has 0 radical (unpaired) electrons. The number of carbonyl (C=O) groups is 1. The van der Waals surface area contributed by atoms with E-state index < -0.39 is 17.2 Å². The van der Waals surface area contributed by atoms with Crippen molar-refractivity contribution in [2.24, 2.45) is 10.9 Å². The van der Waals surface area contributed by atoms with Crippen LogP contribution in [-0.2, 0) is 0 Å². The molecule has 41 heavy (non-hydrogen) atoms. The molecular formula is C32H34FN5O3. The number of ether oxygens (including phenoxy) is 1. The minimum Gasteiger partial charge on any atom is -0.451 e. The van der Waals surface area contributed by atoms with Crippen molar-refractivity contribution < 1.29 is 13.9 Å². The van der Waals surface area contributed by atoms with Gasteiger partial charge in [0.05, 0.1) is 11.1 Å². The fraction of sp³-hybridized carbons (Fsp3) is 0.344. The molecule has 3 aliphatic rings. The molecule has 4 heterocycles. The van der Waals surface area contributed by atoms with Gasteiger partial charge >= 0.3 is 0 Å². The predicted octanol–water partition coefficient (Wildman–Crippen LogP) is 5.05. The summed E-state index contributed by atoms with van der Waals surface area (Å²) in [5.74, 6) is -0.0921. The number of rotatable bonds is 8. The van der Waals surface area contributed by atoms with Crippen LogP contribution in [0.4, 0.5) is 10.1 Å². The molecule has 6 rings (SSSR count). The zero-order valence-corrected chi connectivity index (χ0v) is 23.2. The molecule has 2 aromatic carbocycles. The lowest BCUT2D eigenvalue weighted by atomic mass is 10.0. The van der Waals surface area contributed by atoms with E-state index in [1.165, 1.54) is 18.9 Å². The summed E-state index contributed by atoms with van der Waals surface area (Å²) in [6, 6.07) is 8.63. The van der Waals surface area contributed by atoms with Gasteiger partial charge in [0, 0.05) is 50.2 Å². The van der Waals surface area contributed by atoms with Crippen molar-refractivity contribution in [1.82, 2.24) is 14.8 Å². The third kappa shape index (κ3) is 4.95. The molecular weight excluding hydrogens is 521 g/mol. The zero-order chi connectivity index (χ0) is 28.5. The number of para-hydroxylation sites is 2. The Hall–Kier alpha value is -4.24. The number of aliphatic imine (C=N–C) groups is 1. The molecule has 0 bridgehead atoms. The minimum atomic E-state index is -0.556. The summed E-state index contributed by atoms with van der Waals surface area (Å²) in [7, 11) is 0. The number of allylic oxidation sites excluding steroid dienone is 2. The van der Waals surface area contributed by atoms with Gasteiger partial charge in [-0.05, 0) is 57.5 Å². The van der Waals surface area contributed by atoms with E-state index in [4.69, 9.17) is 4.74 Å². The van der Waals surface area contributed by atoms with Gasteiger partial charge in [-0.2, -0.15) is 0 Å². The number of pyridine rings is 1. The van der Waals surface area contributed by atoms with Gasteiger partial charge in [-0.3, -0.25) is 14.6 Å².